The topological polar surface area (TPSA) is 25.2 Å². The molecule has 3 heteroatoms. The van der Waals surface area contributed by atoms with Crippen LogP contribution in [0.1, 0.15) is 55.6 Å². The minimum Gasteiger partial charge on any atom is -0.234 e. The van der Waals surface area contributed by atoms with Gasteiger partial charge in [-0.25, -0.2) is 9.98 Å². The van der Waals surface area contributed by atoms with Gasteiger partial charge in [-0.1, -0.05) is 68.4 Å². The fourth-order valence-corrected chi connectivity index (χ4v) is 2.88. The van der Waals surface area contributed by atoms with E-state index in [-0.39, 0.29) is 0 Å². The third-order valence-electron chi connectivity index (χ3n) is 3.81. The van der Waals surface area contributed by atoms with Gasteiger partial charge in [-0.05, 0) is 68.2 Å². The Labute approximate surface area is 169 Å². The molecule has 1 aromatic carbocycles. The predicted molar refractivity (Wildman–Crippen MR) is 123 cm³/mol. The Hall–Kier alpha value is -2.45. The molecule has 1 aromatic heterocycles. The molecule has 0 bridgehead atoms. The minimum atomic E-state index is 0.674. The highest BCUT2D eigenvalue weighted by Gasteiger charge is 2.06. The van der Waals surface area contributed by atoms with Crippen molar-refractivity contribution in [1.29, 1.82) is 0 Å². The fraction of sp³-hybridized carbons (Fsp3) is 0.250. The fourth-order valence-electron chi connectivity index (χ4n) is 2.51. The van der Waals surface area contributed by atoms with Gasteiger partial charge in [-0.3, -0.25) is 0 Å². The molecule has 0 amide bonds. The molecule has 142 valence electrons. The summed E-state index contributed by atoms with van der Waals surface area (Å²) in [6.07, 6.45) is 7.60. The second-order valence-corrected chi connectivity index (χ2v) is 6.28. The van der Waals surface area contributed by atoms with Crippen LogP contribution in [-0.4, -0.2) is 10.7 Å². The molecule has 0 saturated heterocycles. The van der Waals surface area contributed by atoms with Crippen LogP contribution in [0.15, 0.2) is 54.1 Å². The summed E-state index contributed by atoms with van der Waals surface area (Å²) in [7, 11) is 0. The maximum absolute atomic E-state index is 6.48. The summed E-state index contributed by atoms with van der Waals surface area (Å²) in [6, 6.07) is 10.1. The van der Waals surface area contributed by atoms with Crippen molar-refractivity contribution in [3.05, 3.63) is 77.0 Å². The first-order valence-corrected chi connectivity index (χ1v) is 9.59. The smallest absolute Gasteiger partial charge is 0.155 e. The van der Waals surface area contributed by atoms with Gasteiger partial charge in [-0.2, -0.15) is 0 Å². The lowest BCUT2D eigenvalue weighted by atomic mass is 10.1. The van der Waals surface area contributed by atoms with E-state index in [0.29, 0.717) is 10.9 Å². The number of halogens is 1. The lowest BCUT2D eigenvalue weighted by Gasteiger charge is -2.07. The molecule has 0 spiro atoms. The Balaban J connectivity index is 0.00000176. The standard InChI is InChI=1S/C22H23ClN2.C2H6/c1-6-10-21-18(7-2)13-16(4)22(25-21)24-17(5)14-20(23)19-12-9-8-11-15(19)3;1-2/h6-14H,2H2,1,3-5H3;1-2H3/b10-6-,20-14+,24-17?;. The number of aryl methyl sites for hydroxylation is 2. The van der Waals surface area contributed by atoms with E-state index < -0.39 is 0 Å². The quantitative estimate of drug-likeness (QED) is 0.486. The van der Waals surface area contributed by atoms with Gasteiger partial charge >= 0.3 is 0 Å². The van der Waals surface area contributed by atoms with Crippen LogP contribution in [0.25, 0.3) is 17.2 Å². The Morgan fingerprint density at radius 1 is 1.15 bits per heavy atom. The number of benzene rings is 1. The lowest BCUT2D eigenvalue weighted by molar-refractivity contribution is 1.20. The summed E-state index contributed by atoms with van der Waals surface area (Å²) < 4.78 is 0. The van der Waals surface area contributed by atoms with Crippen LogP contribution in [0.4, 0.5) is 5.82 Å². The van der Waals surface area contributed by atoms with E-state index in [2.05, 4.69) is 16.6 Å². The van der Waals surface area contributed by atoms with Crippen molar-refractivity contribution in [3.8, 4) is 0 Å². The third kappa shape index (κ3) is 6.33. The highest BCUT2D eigenvalue weighted by molar-refractivity contribution is 6.50. The van der Waals surface area contributed by atoms with Crippen molar-refractivity contribution in [1.82, 2.24) is 4.98 Å². The summed E-state index contributed by atoms with van der Waals surface area (Å²) in [6.45, 7) is 15.8. The van der Waals surface area contributed by atoms with E-state index in [1.54, 1.807) is 0 Å². The number of allylic oxidation sites excluding steroid dienone is 2. The normalized spacial score (nSPS) is 12.0. The Morgan fingerprint density at radius 2 is 1.81 bits per heavy atom. The predicted octanol–water partition coefficient (Wildman–Crippen LogP) is 7.77. The minimum absolute atomic E-state index is 0.674. The zero-order chi connectivity index (χ0) is 20.4. The molecule has 0 saturated carbocycles. The number of rotatable bonds is 5. The van der Waals surface area contributed by atoms with Gasteiger partial charge in [0.1, 0.15) is 0 Å². The molecule has 0 atom stereocenters. The van der Waals surface area contributed by atoms with Crippen LogP contribution < -0.4 is 0 Å². The van der Waals surface area contributed by atoms with Crippen molar-refractivity contribution >= 4 is 40.3 Å². The highest BCUT2D eigenvalue weighted by Crippen LogP contribution is 2.24. The zero-order valence-corrected chi connectivity index (χ0v) is 17.9. The van der Waals surface area contributed by atoms with Crippen LogP contribution in [-0.2, 0) is 0 Å². The Kier molecular flexibility index (Phi) is 9.46. The molecule has 1 heterocycles. The molecule has 0 unspecified atom stereocenters. The maximum Gasteiger partial charge on any atom is 0.155 e. The molecule has 0 aliphatic carbocycles. The van der Waals surface area contributed by atoms with Crippen molar-refractivity contribution in [3.63, 3.8) is 0 Å². The number of aromatic nitrogens is 1. The molecule has 0 N–H and O–H groups in total. The summed E-state index contributed by atoms with van der Waals surface area (Å²) in [5.74, 6) is 0.696. The van der Waals surface area contributed by atoms with Gasteiger partial charge in [0.2, 0.25) is 0 Å². The summed E-state index contributed by atoms with van der Waals surface area (Å²) in [4.78, 5) is 9.30. The molecule has 0 aliphatic heterocycles. The number of aliphatic imine (C=N–C) groups is 1. The number of nitrogens with zero attached hydrogens (tertiary/aromatic N) is 2. The average Bonchev–Trinajstić information content (AvgIpc) is 2.66. The molecular weight excluding hydrogens is 352 g/mol. The van der Waals surface area contributed by atoms with Gasteiger partial charge < -0.3 is 0 Å². The molecule has 0 aliphatic rings. The molecule has 0 fully saturated rings. The SMILES string of the molecule is C=Cc1cc(C)c(N=C(C)/C=C(/Cl)c2ccccc2C)nc1/C=C\C.CC. The lowest BCUT2D eigenvalue weighted by Crippen LogP contribution is -1.93. The van der Waals surface area contributed by atoms with Crippen molar-refractivity contribution in [2.45, 2.75) is 41.5 Å². The molecule has 27 heavy (non-hydrogen) atoms. The number of hydrogen-bond donors (Lipinski definition) is 0. The van der Waals surface area contributed by atoms with Crippen LogP contribution >= 0.6 is 11.6 Å². The average molecular weight is 381 g/mol. The second-order valence-electron chi connectivity index (χ2n) is 5.87. The van der Waals surface area contributed by atoms with E-state index in [1.807, 2.05) is 96.2 Å². The molecule has 2 rings (SSSR count). The maximum atomic E-state index is 6.48. The van der Waals surface area contributed by atoms with Crippen molar-refractivity contribution in [2.24, 2.45) is 4.99 Å². The second kappa shape index (κ2) is 11.3. The van der Waals surface area contributed by atoms with Crippen molar-refractivity contribution in [2.75, 3.05) is 0 Å². The number of hydrogen-bond acceptors (Lipinski definition) is 2. The van der Waals surface area contributed by atoms with Gasteiger partial charge in [0.25, 0.3) is 0 Å². The largest absolute Gasteiger partial charge is 0.234 e. The van der Waals surface area contributed by atoms with Crippen molar-refractivity contribution < 1.29 is 0 Å². The molecule has 2 nitrogen and oxygen atoms in total. The van der Waals surface area contributed by atoms with Crippen LogP contribution in [0, 0.1) is 13.8 Å². The first-order chi connectivity index (χ1) is 13.0. The zero-order valence-electron chi connectivity index (χ0n) is 17.2. The van der Waals surface area contributed by atoms with Crippen LogP contribution in [0.2, 0.25) is 0 Å². The Bertz CT molecular complexity index is 874. The molecule has 0 radical (unpaired) electrons. The van der Waals surface area contributed by atoms with Gasteiger partial charge in [-0.15, -0.1) is 0 Å². The van der Waals surface area contributed by atoms with Gasteiger partial charge in [0, 0.05) is 10.7 Å². The first kappa shape index (κ1) is 22.6. The van der Waals surface area contributed by atoms with E-state index in [9.17, 15) is 0 Å². The number of pyridine rings is 1. The third-order valence-corrected chi connectivity index (χ3v) is 4.12. The molecule has 2 aromatic rings. The van der Waals surface area contributed by atoms with E-state index in [4.69, 9.17) is 11.6 Å². The summed E-state index contributed by atoms with van der Waals surface area (Å²) in [5.41, 5.74) is 5.82. The monoisotopic (exact) mass is 380 g/mol. The first-order valence-electron chi connectivity index (χ1n) is 9.21. The van der Waals surface area contributed by atoms with Gasteiger partial charge in [0.15, 0.2) is 5.82 Å². The Morgan fingerprint density at radius 3 is 2.41 bits per heavy atom. The molecular formula is C24H29ClN2. The van der Waals surface area contributed by atoms with Gasteiger partial charge in [0.05, 0.1) is 5.69 Å². The highest BCUT2D eigenvalue weighted by atomic mass is 35.5. The van der Waals surface area contributed by atoms with E-state index in [0.717, 1.165) is 33.7 Å². The van der Waals surface area contributed by atoms with Crippen LogP contribution in [0.3, 0.4) is 0 Å². The summed E-state index contributed by atoms with van der Waals surface area (Å²) >= 11 is 6.48. The van der Waals surface area contributed by atoms with Crippen LogP contribution in [0.5, 0.6) is 0 Å². The summed E-state index contributed by atoms with van der Waals surface area (Å²) in [5, 5.41) is 0.674. The van der Waals surface area contributed by atoms with E-state index in [1.165, 1.54) is 0 Å². The van der Waals surface area contributed by atoms with E-state index >= 15 is 0 Å².